The van der Waals surface area contributed by atoms with Gasteiger partial charge in [-0.1, -0.05) is 26.7 Å². The van der Waals surface area contributed by atoms with Gasteiger partial charge in [-0.2, -0.15) is 0 Å². The lowest BCUT2D eigenvalue weighted by molar-refractivity contribution is 0.0133. The molecule has 16 heavy (non-hydrogen) atoms. The Labute approximate surface area is 102 Å². The van der Waals surface area contributed by atoms with Gasteiger partial charge in [0, 0.05) is 13.2 Å². The fraction of sp³-hybridized carbons (Fsp3) is 1.00. The Morgan fingerprint density at radius 1 is 1.19 bits per heavy atom. The second-order valence-electron chi connectivity index (χ2n) is 5.27. The molecule has 98 valence electrons. The van der Waals surface area contributed by atoms with Crippen molar-refractivity contribution in [1.29, 1.82) is 0 Å². The summed E-state index contributed by atoms with van der Waals surface area (Å²) in [6.07, 6.45) is 7.51. The smallest absolute Gasteiger partial charge is 0.0622 e. The van der Waals surface area contributed by atoms with Crippen molar-refractivity contribution in [3.05, 3.63) is 0 Å². The standard InChI is InChI=1S/C14H31NO/c1-6-12-15-13(7-2)10-8-9-11-14(3,4)16-5/h13,15H,6-12H2,1-5H3. The van der Waals surface area contributed by atoms with Gasteiger partial charge in [-0.05, 0) is 46.1 Å². The molecule has 0 aliphatic rings. The van der Waals surface area contributed by atoms with Crippen LogP contribution in [0.25, 0.3) is 0 Å². The van der Waals surface area contributed by atoms with E-state index in [9.17, 15) is 0 Å². The van der Waals surface area contributed by atoms with Gasteiger partial charge >= 0.3 is 0 Å². The maximum atomic E-state index is 5.42. The molecule has 1 unspecified atom stereocenters. The van der Waals surface area contributed by atoms with E-state index in [4.69, 9.17) is 4.74 Å². The lowest BCUT2D eigenvalue weighted by Gasteiger charge is -2.23. The Balaban J connectivity index is 3.55. The molecule has 1 atom stereocenters. The summed E-state index contributed by atoms with van der Waals surface area (Å²) in [6.45, 7) is 9.98. The van der Waals surface area contributed by atoms with E-state index in [1.165, 1.54) is 32.1 Å². The molecular weight excluding hydrogens is 198 g/mol. The Kier molecular flexibility index (Phi) is 8.96. The van der Waals surface area contributed by atoms with E-state index in [1.807, 2.05) is 0 Å². The van der Waals surface area contributed by atoms with Gasteiger partial charge in [0.2, 0.25) is 0 Å². The van der Waals surface area contributed by atoms with E-state index in [2.05, 4.69) is 33.0 Å². The zero-order valence-corrected chi connectivity index (χ0v) is 11.9. The molecule has 0 aromatic carbocycles. The minimum atomic E-state index is 0.0541. The Bertz CT molecular complexity index is 157. The Morgan fingerprint density at radius 3 is 2.38 bits per heavy atom. The average Bonchev–Trinajstić information content (AvgIpc) is 2.28. The molecule has 0 aromatic rings. The molecule has 0 spiro atoms. The zero-order valence-electron chi connectivity index (χ0n) is 11.9. The number of ether oxygens (including phenoxy) is 1. The lowest BCUT2D eigenvalue weighted by atomic mass is 9.98. The molecule has 0 amide bonds. The van der Waals surface area contributed by atoms with Crippen molar-refractivity contribution in [2.45, 2.75) is 77.9 Å². The normalized spacial score (nSPS) is 14.1. The van der Waals surface area contributed by atoms with Crippen LogP contribution in [-0.2, 0) is 4.74 Å². The summed E-state index contributed by atoms with van der Waals surface area (Å²) in [7, 11) is 1.80. The first-order chi connectivity index (χ1) is 7.55. The van der Waals surface area contributed by atoms with Crippen LogP contribution < -0.4 is 5.32 Å². The summed E-state index contributed by atoms with van der Waals surface area (Å²) < 4.78 is 5.42. The van der Waals surface area contributed by atoms with Crippen LogP contribution in [0.2, 0.25) is 0 Å². The van der Waals surface area contributed by atoms with Crippen LogP contribution in [0.4, 0.5) is 0 Å². The van der Waals surface area contributed by atoms with Crippen molar-refractivity contribution >= 4 is 0 Å². The van der Waals surface area contributed by atoms with Crippen molar-refractivity contribution in [2.24, 2.45) is 0 Å². The first-order valence-electron chi connectivity index (χ1n) is 6.84. The van der Waals surface area contributed by atoms with Crippen molar-refractivity contribution in [3.63, 3.8) is 0 Å². The van der Waals surface area contributed by atoms with Gasteiger partial charge in [-0.25, -0.2) is 0 Å². The Morgan fingerprint density at radius 2 is 1.88 bits per heavy atom. The van der Waals surface area contributed by atoms with Gasteiger partial charge in [-0.3, -0.25) is 0 Å². The van der Waals surface area contributed by atoms with Crippen LogP contribution in [0.15, 0.2) is 0 Å². The topological polar surface area (TPSA) is 21.3 Å². The highest BCUT2D eigenvalue weighted by molar-refractivity contribution is 4.69. The number of hydrogen-bond acceptors (Lipinski definition) is 2. The van der Waals surface area contributed by atoms with E-state index in [0.717, 1.165) is 13.0 Å². The average molecular weight is 229 g/mol. The Hall–Kier alpha value is -0.0800. The summed E-state index contributed by atoms with van der Waals surface area (Å²) in [5, 5.41) is 3.60. The summed E-state index contributed by atoms with van der Waals surface area (Å²) in [4.78, 5) is 0. The van der Waals surface area contributed by atoms with Gasteiger partial charge in [0.05, 0.1) is 5.60 Å². The molecule has 0 aliphatic carbocycles. The van der Waals surface area contributed by atoms with Gasteiger partial charge in [0.1, 0.15) is 0 Å². The predicted molar refractivity (Wildman–Crippen MR) is 71.9 cm³/mol. The number of rotatable bonds is 10. The quantitative estimate of drug-likeness (QED) is 0.576. The minimum absolute atomic E-state index is 0.0541. The van der Waals surface area contributed by atoms with Crippen LogP contribution in [0.3, 0.4) is 0 Å². The van der Waals surface area contributed by atoms with Crippen molar-refractivity contribution in [3.8, 4) is 0 Å². The molecule has 0 bridgehead atoms. The third kappa shape index (κ3) is 8.12. The van der Waals surface area contributed by atoms with E-state index >= 15 is 0 Å². The highest BCUT2D eigenvalue weighted by Crippen LogP contribution is 2.18. The molecule has 0 fully saturated rings. The number of methoxy groups -OCH3 is 1. The molecule has 2 heteroatoms. The summed E-state index contributed by atoms with van der Waals surface area (Å²) in [5.41, 5.74) is 0.0541. The van der Waals surface area contributed by atoms with E-state index in [-0.39, 0.29) is 5.60 Å². The van der Waals surface area contributed by atoms with Crippen LogP contribution >= 0.6 is 0 Å². The maximum Gasteiger partial charge on any atom is 0.0622 e. The molecule has 0 radical (unpaired) electrons. The maximum absolute atomic E-state index is 5.42. The summed E-state index contributed by atoms with van der Waals surface area (Å²) in [5.74, 6) is 0. The SMILES string of the molecule is CCCNC(CC)CCCCC(C)(C)OC. The monoisotopic (exact) mass is 229 g/mol. The molecule has 1 N–H and O–H groups in total. The molecule has 0 aliphatic heterocycles. The van der Waals surface area contributed by atoms with Crippen LogP contribution in [0.1, 0.15) is 66.2 Å². The molecule has 0 heterocycles. The lowest BCUT2D eigenvalue weighted by Crippen LogP contribution is -2.29. The first kappa shape index (κ1) is 15.9. The van der Waals surface area contributed by atoms with E-state index in [0.29, 0.717) is 6.04 Å². The van der Waals surface area contributed by atoms with Gasteiger partial charge in [-0.15, -0.1) is 0 Å². The number of hydrogen-bond donors (Lipinski definition) is 1. The van der Waals surface area contributed by atoms with Gasteiger partial charge < -0.3 is 10.1 Å². The van der Waals surface area contributed by atoms with E-state index in [1.54, 1.807) is 7.11 Å². The van der Waals surface area contributed by atoms with Crippen molar-refractivity contribution in [2.75, 3.05) is 13.7 Å². The summed E-state index contributed by atoms with van der Waals surface area (Å²) >= 11 is 0. The zero-order chi connectivity index (χ0) is 12.4. The number of unbranched alkanes of at least 4 members (excludes halogenated alkanes) is 1. The highest BCUT2D eigenvalue weighted by Gasteiger charge is 2.15. The van der Waals surface area contributed by atoms with E-state index < -0.39 is 0 Å². The molecule has 0 saturated heterocycles. The molecule has 0 saturated carbocycles. The first-order valence-corrected chi connectivity index (χ1v) is 6.84. The second kappa shape index (κ2) is 9.00. The second-order valence-corrected chi connectivity index (χ2v) is 5.27. The third-order valence-corrected chi connectivity index (χ3v) is 3.31. The summed E-state index contributed by atoms with van der Waals surface area (Å²) in [6, 6.07) is 0.714. The fourth-order valence-corrected chi connectivity index (χ4v) is 1.84. The van der Waals surface area contributed by atoms with Gasteiger partial charge in [0.25, 0.3) is 0 Å². The molecule has 2 nitrogen and oxygen atoms in total. The van der Waals surface area contributed by atoms with Crippen molar-refractivity contribution < 1.29 is 4.74 Å². The highest BCUT2D eigenvalue weighted by atomic mass is 16.5. The van der Waals surface area contributed by atoms with Gasteiger partial charge in [0.15, 0.2) is 0 Å². The van der Waals surface area contributed by atoms with Crippen molar-refractivity contribution in [1.82, 2.24) is 5.32 Å². The third-order valence-electron chi connectivity index (χ3n) is 3.31. The molecular formula is C14H31NO. The minimum Gasteiger partial charge on any atom is -0.379 e. The largest absolute Gasteiger partial charge is 0.379 e. The van der Waals surface area contributed by atoms with Crippen LogP contribution in [-0.4, -0.2) is 25.3 Å². The van der Waals surface area contributed by atoms with Crippen LogP contribution in [0, 0.1) is 0 Å². The molecule has 0 aromatic heterocycles. The fourth-order valence-electron chi connectivity index (χ4n) is 1.84. The predicted octanol–water partition coefficient (Wildman–Crippen LogP) is 3.75. The van der Waals surface area contributed by atoms with Crippen LogP contribution in [0.5, 0.6) is 0 Å². The molecule has 0 rings (SSSR count). The number of nitrogens with one attached hydrogen (secondary N) is 1.